The summed E-state index contributed by atoms with van der Waals surface area (Å²) in [5.74, 6) is 0. The average molecular weight is 185 g/mol. The van der Waals surface area contributed by atoms with Crippen molar-refractivity contribution in [3.63, 3.8) is 0 Å². The first kappa shape index (κ1) is 10.6. The first-order valence-electron chi connectivity index (χ1n) is 4.76. The van der Waals surface area contributed by atoms with Crippen LogP contribution in [0.25, 0.3) is 0 Å². The molecule has 1 rings (SSSR count). The molecule has 0 radical (unpaired) electrons. The van der Waals surface area contributed by atoms with Crippen molar-refractivity contribution in [2.45, 2.75) is 6.92 Å². The molecule has 0 unspecified atom stereocenters. The number of benzene rings is 1. The van der Waals surface area contributed by atoms with Gasteiger partial charge in [0.05, 0.1) is 0 Å². The highest BCUT2D eigenvalue weighted by Crippen LogP contribution is 2.17. The summed E-state index contributed by atoms with van der Waals surface area (Å²) in [5, 5.41) is 0. The molecule has 1 aromatic rings. The summed E-state index contributed by atoms with van der Waals surface area (Å²) in [6.07, 6.45) is 3.72. The van der Waals surface area contributed by atoms with Crippen molar-refractivity contribution in [1.29, 1.82) is 0 Å². The van der Waals surface area contributed by atoms with Gasteiger partial charge in [-0.3, -0.25) is 0 Å². The molecular weight excluding hydrogens is 169 g/mol. The summed E-state index contributed by atoms with van der Waals surface area (Å²) in [4.78, 5) is 2.09. The number of anilines is 1. The first-order chi connectivity index (χ1) is 6.69. The second kappa shape index (κ2) is 4.70. The summed E-state index contributed by atoms with van der Waals surface area (Å²) in [7, 11) is 2.10. The van der Waals surface area contributed by atoms with E-state index in [1.807, 2.05) is 12.3 Å². The maximum Gasteiger partial charge on any atom is 0.139 e. The van der Waals surface area contributed by atoms with E-state index in [1.165, 1.54) is 16.7 Å². The predicted molar refractivity (Wildman–Crippen MR) is 67.1 cm³/mol. The standard InChI is InChI=1S/C12H16BN/c1-4-8-14(5-2)12-9-11(13)7-6-10(12)3/h4-7,9H,1-2,8,13H2,3H3. The largest absolute Gasteiger partial charge is 0.345 e. The Labute approximate surface area is 87.2 Å². The second-order valence-electron chi connectivity index (χ2n) is 3.41. The van der Waals surface area contributed by atoms with E-state index in [0.717, 1.165) is 6.54 Å². The van der Waals surface area contributed by atoms with Crippen molar-refractivity contribution >= 4 is 19.0 Å². The zero-order valence-electron chi connectivity index (χ0n) is 8.96. The normalized spacial score (nSPS) is 9.50. The fraction of sp³-hybridized carbons (Fsp3) is 0.167. The molecule has 0 aliphatic carbocycles. The van der Waals surface area contributed by atoms with Crippen LogP contribution in [0.2, 0.25) is 0 Å². The van der Waals surface area contributed by atoms with E-state index in [0.29, 0.717) is 0 Å². The number of aryl methyl sites for hydroxylation is 1. The Morgan fingerprint density at radius 1 is 1.43 bits per heavy atom. The SMILES string of the molecule is Bc1ccc(C)c(N(C=C)CC=C)c1. The molecule has 0 heterocycles. The molecule has 2 heteroatoms. The van der Waals surface area contributed by atoms with Gasteiger partial charge in [0.2, 0.25) is 0 Å². The Kier molecular flexibility index (Phi) is 3.58. The quantitative estimate of drug-likeness (QED) is 0.506. The van der Waals surface area contributed by atoms with Crippen LogP contribution >= 0.6 is 0 Å². The van der Waals surface area contributed by atoms with Crippen LogP contribution in [-0.2, 0) is 0 Å². The number of hydrogen-bond donors (Lipinski definition) is 0. The van der Waals surface area contributed by atoms with E-state index in [2.05, 4.69) is 51.0 Å². The average Bonchev–Trinajstić information content (AvgIpc) is 2.18. The number of rotatable bonds is 4. The Balaban J connectivity index is 3.07. The van der Waals surface area contributed by atoms with Crippen LogP contribution in [-0.4, -0.2) is 14.4 Å². The molecule has 1 aromatic carbocycles. The highest BCUT2D eigenvalue weighted by atomic mass is 15.1. The lowest BCUT2D eigenvalue weighted by molar-refractivity contribution is 1.08. The monoisotopic (exact) mass is 185 g/mol. The third kappa shape index (κ3) is 2.29. The molecule has 0 spiro atoms. The van der Waals surface area contributed by atoms with Gasteiger partial charge in [-0.1, -0.05) is 30.3 Å². The van der Waals surface area contributed by atoms with E-state index in [-0.39, 0.29) is 0 Å². The summed E-state index contributed by atoms with van der Waals surface area (Å²) in [6.45, 7) is 10.4. The van der Waals surface area contributed by atoms with Gasteiger partial charge in [-0.25, -0.2) is 0 Å². The van der Waals surface area contributed by atoms with Crippen LogP contribution in [0, 0.1) is 6.92 Å². The summed E-state index contributed by atoms with van der Waals surface area (Å²) in [6, 6.07) is 6.42. The van der Waals surface area contributed by atoms with E-state index < -0.39 is 0 Å². The summed E-state index contributed by atoms with van der Waals surface area (Å²) >= 11 is 0. The topological polar surface area (TPSA) is 3.24 Å². The van der Waals surface area contributed by atoms with E-state index in [1.54, 1.807) is 0 Å². The Morgan fingerprint density at radius 3 is 2.71 bits per heavy atom. The predicted octanol–water partition coefficient (Wildman–Crippen LogP) is 1.39. The maximum absolute atomic E-state index is 3.80. The molecule has 0 aliphatic heterocycles. The molecular formula is C12H16BN. The third-order valence-electron chi connectivity index (χ3n) is 2.22. The van der Waals surface area contributed by atoms with E-state index in [9.17, 15) is 0 Å². The van der Waals surface area contributed by atoms with Crippen molar-refractivity contribution < 1.29 is 0 Å². The number of nitrogens with zero attached hydrogens (tertiary/aromatic N) is 1. The molecule has 0 saturated heterocycles. The van der Waals surface area contributed by atoms with Crippen LogP contribution in [0.4, 0.5) is 5.69 Å². The molecule has 0 bridgehead atoms. The molecule has 72 valence electrons. The molecule has 0 fully saturated rings. The van der Waals surface area contributed by atoms with Gasteiger partial charge < -0.3 is 4.90 Å². The van der Waals surface area contributed by atoms with Gasteiger partial charge in [0, 0.05) is 12.2 Å². The zero-order chi connectivity index (χ0) is 10.6. The highest BCUT2D eigenvalue weighted by Gasteiger charge is 2.03. The maximum atomic E-state index is 3.80. The summed E-state index contributed by atoms with van der Waals surface area (Å²) in [5.41, 5.74) is 3.73. The highest BCUT2D eigenvalue weighted by molar-refractivity contribution is 6.32. The van der Waals surface area contributed by atoms with Crippen molar-refractivity contribution in [3.8, 4) is 0 Å². The minimum atomic E-state index is 0.799. The van der Waals surface area contributed by atoms with Gasteiger partial charge in [-0.15, -0.1) is 6.58 Å². The fourth-order valence-corrected chi connectivity index (χ4v) is 1.44. The van der Waals surface area contributed by atoms with Gasteiger partial charge in [0.25, 0.3) is 0 Å². The Morgan fingerprint density at radius 2 is 2.14 bits per heavy atom. The van der Waals surface area contributed by atoms with Crippen LogP contribution in [0.3, 0.4) is 0 Å². The molecule has 0 atom stereocenters. The summed E-state index contributed by atoms with van der Waals surface area (Å²) < 4.78 is 0. The van der Waals surface area contributed by atoms with Crippen molar-refractivity contribution in [2.24, 2.45) is 0 Å². The van der Waals surface area contributed by atoms with Gasteiger partial charge in [-0.2, -0.15) is 0 Å². The van der Waals surface area contributed by atoms with Crippen LogP contribution < -0.4 is 10.4 Å². The van der Waals surface area contributed by atoms with Gasteiger partial charge in [0.1, 0.15) is 7.85 Å². The van der Waals surface area contributed by atoms with Gasteiger partial charge in [-0.05, 0) is 24.8 Å². The molecule has 0 N–H and O–H groups in total. The smallest absolute Gasteiger partial charge is 0.139 e. The fourth-order valence-electron chi connectivity index (χ4n) is 1.44. The lowest BCUT2D eigenvalue weighted by Crippen LogP contribution is -2.18. The zero-order valence-corrected chi connectivity index (χ0v) is 8.96. The first-order valence-corrected chi connectivity index (χ1v) is 4.76. The Hall–Kier alpha value is -1.44. The second-order valence-corrected chi connectivity index (χ2v) is 3.41. The van der Waals surface area contributed by atoms with Gasteiger partial charge >= 0.3 is 0 Å². The van der Waals surface area contributed by atoms with Crippen molar-refractivity contribution in [2.75, 3.05) is 11.4 Å². The Bertz CT molecular complexity index is 344. The molecule has 0 aromatic heterocycles. The van der Waals surface area contributed by atoms with E-state index in [4.69, 9.17) is 0 Å². The lowest BCUT2D eigenvalue weighted by atomic mass is 9.94. The van der Waals surface area contributed by atoms with Crippen LogP contribution in [0.5, 0.6) is 0 Å². The molecule has 0 saturated carbocycles. The van der Waals surface area contributed by atoms with Crippen molar-refractivity contribution in [3.05, 3.63) is 49.2 Å². The molecule has 14 heavy (non-hydrogen) atoms. The minimum Gasteiger partial charge on any atom is -0.345 e. The molecule has 0 amide bonds. The van der Waals surface area contributed by atoms with Crippen LogP contribution in [0.15, 0.2) is 43.6 Å². The van der Waals surface area contributed by atoms with Gasteiger partial charge in [0.15, 0.2) is 0 Å². The van der Waals surface area contributed by atoms with E-state index >= 15 is 0 Å². The number of hydrogen-bond acceptors (Lipinski definition) is 1. The lowest BCUT2D eigenvalue weighted by Gasteiger charge is -2.20. The minimum absolute atomic E-state index is 0.799. The molecule has 1 nitrogen and oxygen atoms in total. The van der Waals surface area contributed by atoms with Crippen molar-refractivity contribution in [1.82, 2.24) is 0 Å². The van der Waals surface area contributed by atoms with Crippen LogP contribution in [0.1, 0.15) is 5.56 Å². The third-order valence-corrected chi connectivity index (χ3v) is 2.22. The molecule has 0 aliphatic rings.